The van der Waals surface area contributed by atoms with Crippen LogP contribution >= 0.6 is 0 Å². The molecule has 6 heteroatoms. The molecule has 0 aliphatic heterocycles. The molecule has 0 atom stereocenters. The first kappa shape index (κ1) is 15.6. The molecule has 0 fully saturated rings. The molecule has 6 nitrogen and oxygen atoms in total. The molecule has 0 aliphatic rings. The normalized spacial score (nSPS) is 11.5. The van der Waals surface area contributed by atoms with Crippen LogP contribution in [0.4, 0.5) is 0 Å². The second-order valence-electron chi connectivity index (χ2n) is 5.40. The molecule has 0 aliphatic carbocycles. The SMILES string of the molecule is CCC(C)(c1c(O)cc(O)cc1O)c1c(O)cc(O)cc1O. The Bertz CT molecular complexity index is 619. The molecule has 2 aromatic carbocycles. The van der Waals surface area contributed by atoms with Crippen LogP contribution in [0.15, 0.2) is 24.3 Å². The van der Waals surface area contributed by atoms with Gasteiger partial charge in [-0.1, -0.05) is 13.8 Å². The number of phenolic OH excluding ortho intramolecular Hbond substituents is 6. The minimum Gasteiger partial charge on any atom is -0.508 e. The molecule has 2 aromatic rings. The molecule has 0 amide bonds. The predicted octanol–water partition coefficient (Wildman–Crippen LogP) is 2.64. The Balaban J connectivity index is 2.80. The minimum atomic E-state index is -1.15. The lowest BCUT2D eigenvalue weighted by molar-refractivity contribution is 0.370. The smallest absolute Gasteiger partial charge is 0.127 e. The third kappa shape index (κ3) is 2.32. The lowest BCUT2D eigenvalue weighted by Crippen LogP contribution is -2.23. The second-order valence-corrected chi connectivity index (χ2v) is 5.40. The van der Waals surface area contributed by atoms with E-state index in [1.54, 1.807) is 13.8 Å². The van der Waals surface area contributed by atoms with Crippen LogP contribution in [0, 0.1) is 0 Å². The van der Waals surface area contributed by atoms with Gasteiger partial charge in [-0.25, -0.2) is 0 Å². The summed E-state index contributed by atoms with van der Waals surface area (Å²) in [5.74, 6) is -2.09. The predicted molar refractivity (Wildman–Crippen MR) is 79.6 cm³/mol. The van der Waals surface area contributed by atoms with Crippen LogP contribution in [-0.4, -0.2) is 30.6 Å². The molecule has 0 heterocycles. The van der Waals surface area contributed by atoms with Crippen molar-refractivity contribution in [1.82, 2.24) is 0 Å². The summed E-state index contributed by atoms with van der Waals surface area (Å²) >= 11 is 0. The van der Waals surface area contributed by atoms with Gasteiger partial charge in [0.05, 0.1) is 0 Å². The van der Waals surface area contributed by atoms with Crippen molar-refractivity contribution >= 4 is 0 Å². The lowest BCUT2D eigenvalue weighted by Gasteiger charge is -2.32. The molecule has 0 aromatic heterocycles. The number of rotatable bonds is 3. The maximum absolute atomic E-state index is 10.1. The fourth-order valence-electron chi connectivity index (χ4n) is 2.80. The fourth-order valence-corrected chi connectivity index (χ4v) is 2.80. The number of aromatic hydroxyl groups is 6. The summed E-state index contributed by atoms with van der Waals surface area (Å²) < 4.78 is 0. The van der Waals surface area contributed by atoms with E-state index in [1.165, 1.54) is 0 Å². The maximum atomic E-state index is 10.1. The molecule has 0 spiro atoms. The van der Waals surface area contributed by atoms with E-state index in [0.29, 0.717) is 6.42 Å². The van der Waals surface area contributed by atoms with E-state index in [-0.39, 0.29) is 45.6 Å². The summed E-state index contributed by atoms with van der Waals surface area (Å²) in [6.45, 7) is 3.36. The van der Waals surface area contributed by atoms with Gasteiger partial charge in [-0.05, 0) is 6.42 Å². The second kappa shape index (κ2) is 5.22. The molecular formula is C16H18O6. The van der Waals surface area contributed by atoms with Crippen LogP contribution in [-0.2, 0) is 5.41 Å². The van der Waals surface area contributed by atoms with Gasteiger partial charge in [-0.15, -0.1) is 0 Å². The highest BCUT2D eigenvalue weighted by Gasteiger charge is 2.37. The number of hydrogen-bond donors (Lipinski definition) is 6. The molecule has 0 bridgehead atoms. The Labute approximate surface area is 127 Å². The van der Waals surface area contributed by atoms with Crippen molar-refractivity contribution in [2.24, 2.45) is 0 Å². The van der Waals surface area contributed by atoms with E-state index >= 15 is 0 Å². The third-order valence-electron chi connectivity index (χ3n) is 3.97. The number of phenols is 6. The molecule has 118 valence electrons. The highest BCUT2D eigenvalue weighted by Crippen LogP contribution is 2.51. The van der Waals surface area contributed by atoms with Gasteiger partial charge >= 0.3 is 0 Å². The zero-order valence-corrected chi connectivity index (χ0v) is 12.2. The monoisotopic (exact) mass is 306 g/mol. The number of benzene rings is 2. The largest absolute Gasteiger partial charge is 0.508 e. The van der Waals surface area contributed by atoms with Crippen molar-refractivity contribution in [2.75, 3.05) is 0 Å². The molecular weight excluding hydrogens is 288 g/mol. The Morgan fingerprint density at radius 1 is 0.682 bits per heavy atom. The Kier molecular flexibility index (Phi) is 3.70. The van der Waals surface area contributed by atoms with Crippen molar-refractivity contribution < 1.29 is 30.6 Å². The van der Waals surface area contributed by atoms with Gasteiger partial charge in [0.25, 0.3) is 0 Å². The van der Waals surface area contributed by atoms with Gasteiger partial charge < -0.3 is 30.6 Å². The van der Waals surface area contributed by atoms with E-state index in [2.05, 4.69) is 0 Å². The maximum Gasteiger partial charge on any atom is 0.127 e. The van der Waals surface area contributed by atoms with Crippen LogP contribution in [0.3, 0.4) is 0 Å². The summed E-state index contributed by atoms with van der Waals surface area (Å²) in [6, 6.07) is 4.27. The quantitative estimate of drug-likeness (QED) is 0.518. The summed E-state index contributed by atoms with van der Waals surface area (Å²) in [5.41, 5.74) is -1.03. The molecule has 0 saturated heterocycles. The van der Waals surface area contributed by atoms with E-state index < -0.39 is 5.41 Å². The Hall–Kier alpha value is -2.76. The Morgan fingerprint density at radius 3 is 1.18 bits per heavy atom. The van der Waals surface area contributed by atoms with Gasteiger partial charge in [0, 0.05) is 40.8 Å². The average Bonchev–Trinajstić information content (AvgIpc) is 2.35. The standard InChI is InChI=1S/C16H18O6/c1-3-16(2,14-10(19)4-8(17)5-11(14)20)15-12(21)6-9(18)7-13(15)22/h4-7,17-22H,3H2,1-2H3. The molecule has 6 N–H and O–H groups in total. The van der Waals surface area contributed by atoms with Gasteiger partial charge in [-0.3, -0.25) is 0 Å². The van der Waals surface area contributed by atoms with Crippen LogP contribution in [0.5, 0.6) is 34.5 Å². The zero-order chi connectivity index (χ0) is 16.7. The van der Waals surface area contributed by atoms with Gasteiger partial charge in [0.2, 0.25) is 0 Å². The van der Waals surface area contributed by atoms with Crippen molar-refractivity contribution in [3.63, 3.8) is 0 Å². The summed E-state index contributed by atoms with van der Waals surface area (Å²) in [5, 5.41) is 59.3. The van der Waals surface area contributed by atoms with Crippen LogP contribution < -0.4 is 0 Å². The molecule has 0 unspecified atom stereocenters. The molecule has 0 saturated carbocycles. The summed E-state index contributed by atoms with van der Waals surface area (Å²) in [6.07, 6.45) is 0.310. The molecule has 22 heavy (non-hydrogen) atoms. The molecule has 0 radical (unpaired) electrons. The van der Waals surface area contributed by atoms with Gasteiger partial charge in [0.15, 0.2) is 0 Å². The number of hydrogen-bond acceptors (Lipinski definition) is 6. The van der Waals surface area contributed by atoms with Crippen molar-refractivity contribution in [3.05, 3.63) is 35.4 Å². The topological polar surface area (TPSA) is 121 Å². The fraction of sp³-hybridized carbons (Fsp3) is 0.250. The first-order valence-corrected chi connectivity index (χ1v) is 6.71. The highest BCUT2D eigenvalue weighted by atomic mass is 16.3. The van der Waals surface area contributed by atoms with Gasteiger partial charge in [-0.2, -0.15) is 0 Å². The first-order valence-electron chi connectivity index (χ1n) is 6.71. The lowest BCUT2D eigenvalue weighted by atomic mass is 9.72. The van der Waals surface area contributed by atoms with Gasteiger partial charge in [0.1, 0.15) is 34.5 Å². The van der Waals surface area contributed by atoms with E-state index in [1.807, 2.05) is 0 Å². The zero-order valence-electron chi connectivity index (χ0n) is 12.2. The average molecular weight is 306 g/mol. The first-order chi connectivity index (χ1) is 10.2. The van der Waals surface area contributed by atoms with E-state index in [9.17, 15) is 30.6 Å². The minimum absolute atomic E-state index is 0.0593. The molecule has 2 rings (SSSR count). The van der Waals surface area contributed by atoms with Crippen LogP contribution in [0.25, 0.3) is 0 Å². The summed E-state index contributed by atoms with van der Waals surface area (Å²) in [7, 11) is 0. The highest BCUT2D eigenvalue weighted by molar-refractivity contribution is 5.62. The van der Waals surface area contributed by atoms with E-state index in [4.69, 9.17) is 0 Å². The van der Waals surface area contributed by atoms with E-state index in [0.717, 1.165) is 24.3 Å². The van der Waals surface area contributed by atoms with Crippen molar-refractivity contribution in [3.8, 4) is 34.5 Å². The van der Waals surface area contributed by atoms with Crippen molar-refractivity contribution in [2.45, 2.75) is 25.7 Å². The Morgan fingerprint density at radius 2 is 0.955 bits per heavy atom. The summed E-state index contributed by atoms with van der Waals surface area (Å²) in [4.78, 5) is 0. The third-order valence-corrected chi connectivity index (χ3v) is 3.97. The van der Waals surface area contributed by atoms with Crippen LogP contribution in [0.2, 0.25) is 0 Å². The van der Waals surface area contributed by atoms with Crippen LogP contribution in [0.1, 0.15) is 31.4 Å². The van der Waals surface area contributed by atoms with Crippen molar-refractivity contribution in [1.29, 1.82) is 0 Å².